The van der Waals surface area contributed by atoms with Gasteiger partial charge in [0.25, 0.3) is 5.89 Å². The van der Waals surface area contributed by atoms with E-state index >= 15 is 0 Å². The minimum Gasteiger partial charge on any atom is -0.389 e. The van der Waals surface area contributed by atoms with E-state index in [1.807, 2.05) is 18.2 Å². The number of rotatable bonds is 9. The van der Waals surface area contributed by atoms with Gasteiger partial charge in [-0.3, -0.25) is 9.67 Å². The van der Waals surface area contributed by atoms with Crippen molar-refractivity contribution in [1.29, 1.82) is 5.26 Å². The first kappa shape index (κ1) is 24.9. The van der Waals surface area contributed by atoms with Gasteiger partial charge in [-0.2, -0.15) is 15.3 Å². The molecule has 4 aromatic rings. The van der Waals surface area contributed by atoms with Crippen LogP contribution in [-0.2, 0) is 12.0 Å². The van der Waals surface area contributed by atoms with Gasteiger partial charge in [0.15, 0.2) is 11.5 Å². The average Bonchev–Trinajstić information content (AvgIpc) is 3.51. The highest BCUT2D eigenvalue weighted by Gasteiger charge is 2.34. The lowest BCUT2D eigenvalue weighted by molar-refractivity contribution is 0.0577. The van der Waals surface area contributed by atoms with Crippen LogP contribution >= 0.6 is 0 Å². The summed E-state index contributed by atoms with van der Waals surface area (Å²) in [6.07, 6.45) is 9.43. The van der Waals surface area contributed by atoms with E-state index in [0.717, 1.165) is 24.8 Å². The van der Waals surface area contributed by atoms with Crippen molar-refractivity contribution < 1.29 is 9.63 Å². The summed E-state index contributed by atoms with van der Waals surface area (Å²) in [6, 6.07) is 5.82. The molecule has 0 saturated heterocycles. The monoisotopic (exact) mass is 487 g/mol. The lowest BCUT2D eigenvalue weighted by Crippen LogP contribution is -2.26. The van der Waals surface area contributed by atoms with Gasteiger partial charge in [0.05, 0.1) is 40.6 Å². The Morgan fingerprint density at radius 2 is 1.94 bits per heavy atom. The molecule has 0 amide bonds. The first-order chi connectivity index (χ1) is 17.1. The van der Waals surface area contributed by atoms with Gasteiger partial charge in [-0.05, 0) is 38.8 Å². The van der Waals surface area contributed by atoms with E-state index in [0.29, 0.717) is 35.1 Å². The van der Waals surface area contributed by atoms with Gasteiger partial charge in [-0.15, -0.1) is 0 Å². The number of hydrogen-bond donors (Lipinski definition) is 2. The summed E-state index contributed by atoms with van der Waals surface area (Å²) >= 11 is 0. The van der Waals surface area contributed by atoms with Crippen molar-refractivity contribution in [3.63, 3.8) is 0 Å². The van der Waals surface area contributed by atoms with Gasteiger partial charge in [-0.25, -0.2) is 9.97 Å². The molecule has 3 N–H and O–H groups in total. The van der Waals surface area contributed by atoms with Crippen molar-refractivity contribution in [2.45, 2.75) is 64.5 Å². The van der Waals surface area contributed by atoms with Crippen LogP contribution in [0.1, 0.15) is 64.0 Å². The molecule has 0 aliphatic heterocycles. The Bertz CT molecular complexity index is 1380. The lowest BCUT2D eigenvalue weighted by atomic mass is 9.78. The maximum absolute atomic E-state index is 10.1. The van der Waals surface area contributed by atoms with Crippen LogP contribution in [-0.4, -0.2) is 45.6 Å². The zero-order valence-electron chi connectivity index (χ0n) is 20.8. The molecule has 0 unspecified atom stereocenters. The first-order valence-electron chi connectivity index (χ1n) is 11.7. The SMILES string of the molecule is CCCC[C@](C)(c1ccc(-c2cnc(N)nc2C#N)nc1)c1noc(-c2cnn(CC(C)(C)O)c2)n1. The zero-order valence-corrected chi connectivity index (χ0v) is 20.8. The van der Waals surface area contributed by atoms with E-state index in [4.69, 9.17) is 15.2 Å². The Morgan fingerprint density at radius 3 is 2.61 bits per heavy atom. The number of pyridine rings is 1. The van der Waals surface area contributed by atoms with Crippen LogP contribution in [0.3, 0.4) is 0 Å². The minimum atomic E-state index is -0.895. The van der Waals surface area contributed by atoms with Crippen LogP contribution in [0, 0.1) is 11.3 Å². The molecule has 0 spiro atoms. The molecule has 11 heteroatoms. The third-order valence-electron chi connectivity index (χ3n) is 5.97. The fourth-order valence-corrected chi connectivity index (χ4v) is 3.99. The van der Waals surface area contributed by atoms with E-state index in [-0.39, 0.29) is 11.6 Å². The summed E-state index contributed by atoms with van der Waals surface area (Å²) in [6.45, 7) is 7.98. The number of nitriles is 1. The number of unbranched alkanes of at least 4 members (excludes halogenated alkanes) is 1. The largest absolute Gasteiger partial charge is 0.389 e. The molecule has 4 heterocycles. The molecule has 1 atom stereocenters. The zero-order chi connectivity index (χ0) is 25.9. The van der Waals surface area contributed by atoms with Gasteiger partial charge in [0.2, 0.25) is 5.95 Å². The van der Waals surface area contributed by atoms with Gasteiger partial charge >= 0.3 is 0 Å². The minimum absolute atomic E-state index is 0.0394. The highest BCUT2D eigenvalue weighted by Crippen LogP contribution is 2.36. The van der Waals surface area contributed by atoms with Crippen molar-refractivity contribution in [2.75, 3.05) is 5.73 Å². The molecule has 4 aromatic heterocycles. The van der Waals surface area contributed by atoms with Crippen LogP contribution in [0.2, 0.25) is 0 Å². The highest BCUT2D eigenvalue weighted by atomic mass is 16.5. The maximum Gasteiger partial charge on any atom is 0.261 e. The molecule has 0 fully saturated rings. The molecule has 186 valence electrons. The summed E-state index contributed by atoms with van der Waals surface area (Å²) in [5, 5.41) is 28.1. The van der Waals surface area contributed by atoms with E-state index < -0.39 is 11.0 Å². The Kier molecular flexibility index (Phi) is 6.81. The third-order valence-corrected chi connectivity index (χ3v) is 5.97. The quantitative estimate of drug-likeness (QED) is 0.357. The number of aromatic nitrogens is 7. The van der Waals surface area contributed by atoms with Crippen molar-refractivity contribution in [3.8, 4) is 28.8 Å². The number of nitrogen functional groups attached to an aromatic ring is 1. The van der Waals surface area contributed by atoms with Crippen molar-refractivity contribution >= 4 is 5.95 Å². The molecule has 11 nitrogen and oxygen atoms in total. The average molecular weight is 488 g/mol. The molecule has 36 heavy (non-hydrogen) atoms. The van der Waals surface area contributed by atoms with Crippen LogP contribution in [0.4, 0.5) is 5.95 Å². The summed E-state index contributed by atoms with van der Waals surface area (Å²) in [5.41, 5.74) is 7.01. The van der Waals surface area contributed by atoms with Crippen LogP contribution in [0.5, 0.6) is 0 Å². The Labute approximate surface area is 209 Å². The van der Waals surface area contributed by atoms with Crippen molar-refractivity contribution in [3.05, 3.63) is 54.0 Å². The van der Waals surface area contributed by atoms with Crippen LogP contribution < -0.4 is 5.73 Å². The van der Waals surface area contributed by atoms with Gasteiger partial charge in [-0.1, -0.05) is 31.0 Å². The summed E-state index contributed by atoms with van der Waals surface area (Å²) in [4.78, 5) is 17.3. The Morgan fingerprint density at radius 1 is 1.14 bits per heavy atom. The second-order valence-electron chi connectivity index (χ2n) is 9.63. The second-order valence-corrected chi connectivity index (χ2v) is 9.63. The van der Waals surface area contributed by atoms with Crippen LogP contribution in [0.15, 0.2) is 41.4 Å². The van der Waals surface area contributed by atoms with E-state index in [1.165, 1.54) is 6.20 Å². The summed E-state index contributed by atoms with van der Waals surface area (Å²) < 4.78 is 7.26. The normalized spacial score (nSPS) is 13.3. The van der Waals surface area contributed by atoms with E-state index in [9.17, 15) is 10.4 Å². The molecule has 4 rings (SSSR count). The predicted molar refractivity (Wildman–Crippen MR) is 132 cm³/mol. The van der Waals surface area contributed by atoms with Crippen molar-refractivity contribution in [2.24, 2.45) is 0 Å². The van der Waals surface area contributed by atoms with Crippen molar-refractivity contribution in [1.82, 2.24) is 34.9 Å². The maximum atomic E-state index is 10.1. The Hall–Kier alpha value is -4.17. The highest BCUT2D eigenvalue weighted by molar-refractivity contribution is 5.65. The molecule has 0 aliphatic carbocycles. The molecular formula is C25H29N9O2. The van der Waals surface area contributed by atoms with E-state index in [1.54, 1.807) is 37.1 Å². The number of hydrogen-bond acceptors (Lipinski definition) is 10. The predicted octanol–water partition coefficient (Wildman–Crippen LogP) is 3.51. The molecule has 0 bridgehead atoms. The number of nitrogens with two attached hydrogens (primary N) is 1. The smallest absolute Gasteiger partial charge is 0.261 e. The van der Waals surface area contributed by atoms with Gasteiger partial charge < -0.3 is 15.4 Å². The fraction of sp³-hybridized carbons (Fsp3) is 0.400. The first-order valence-corrected chi connectivity index (χ1v) is 11.7. The lowest BCUT2D eigenvalue weighted by Gasteiger charge is -2.26. The molecular weight excluding hydrogens is 458 g/mol. The standard InChI is InChI=1S/C25H29N9O2/c1-5-6-9-25(4,17-7-8-19(28-12-17)18-13-29-23(27)31-20(18)10-26)22-32-21(36-33-22)16-11-30-34(14-16)15-24(2,3)35/h7-8,11-14,35H,5-6,9,15H2,1-4H3,(H2,27,29,31)/t25-/m1/s1. The summed E-state index contributed by atoms with van der Waals surface area (Å²) in [5.74, 6) is 0.943. The number of aliphatic hydroxyl groups is 1. The van der Waals surface area contributed by atoms with Gasteiger partial charge in [0.1, 0.15) is 6.07 Å². The fourth-order valence-electron chi connectivity index (χ4n) is 3.99. The molecule has 0 saturated carbocycles. The topological polar surface area (TPSA) is 165 Å². The second kappa shape index (κ2) is 9.83. The summed E-state index contributed by atoms with van der Waals surface area (Å²) in [7, 11) is 0. The molecule has 0 aromatic carbocycles. The molecule has 0 aliphatic rings. The van der Waals surface area contributed by atoms with E-state index in [2.05, 4.69) is 39.1 Å². The third kappa shape index (κ3) is 5.23. The number of anilines is 1. The Balaban J connectivity index is 1.66. The number of nitrogens with zero attached hydrogens (tertiary/aromatic N) is 8. The molecule has 0 radical (unpaired) electrons. The van der Waals surface area contributed by atoms with Gasteiger partial charge in [0, 0.05) is 18.6 Å². The van der Waals surface area contributed by atoms with Crippen LogP contribution in [0.25, 0.3) is 22.7 Å².